The molecule has 1 fully saturated rings. The van der Waals surface area contributed by atoms with Crippen molar-refractivity contribution in [2.45, 2.75) is 51.5 Å². The summed E-state index contributed by atoms with van der Waals surface area (Å²) in [6.45, 7) is 2.11. The Hall–Kier alpha value is -1.52. The van der Waals surface area contributed by atoms with E-state index < -0.39 is 0 Å². The van der Waals surface area contributed by atoms with Crippen LogP contribution in [0.5, 0.6) is 0 Å². The zero-order chi connectivity index (χ0) is 11.8. The highest BCUT2D eigenvalue weighted by Gasteiger charge is 2.22. The molecule has 0 atom stereocenters. The molecule has 0 aromatic carbocycles. The molecule has 17 heavy (non-hydrogen) atoms. The van der Waals surface area contributed by atoms with Crippen molar-refractivity contribution in [1.29, 1.82) is 0 Å². The van der Waals surface area contributed by atoms with Gasteiger partial charge in [0.15, 0.2) is 5.65 Å². The Labute approximate surface area is 100 Å². The predicted octanol–water partition coefficient (Wildman–Crippen LogP) is 2.41. The van der Waals surface area contributed by atoms with Crippen LogP contribution in [0.2, 0.25) is 0 Å². The molecule has 3 rings (SSSR count). The number of aryl methyl sites for hydroxylation is 1. The van der Waals surface area contributed by atoms with Gasteiger partial charge < -0.3 is 5.73 Å². The lowest BCUT2D eigenvalue weighted by Crippen LogP contribution is -2.14. The van der Waals surface area contributed by atoms with Crippen LogP contribution < -0.4 is 5.73 Å². The fraction of sp³-hybridized carbons (Fsp3) is 0.667. The van der Waals surface area contributed by atoms with Crippen LogP contribution in [0.25, 0.3) is 11.0 Å². The maximum Gasteiger partial charge on any atom is 0.182 e. The molecular weight excluding hydrogens is 214 g/mol. The SMILES string of the molecule is CCc1nn(C2CCCCC2)c2n[nH]c(N)c12. The Kier molecular flexibility index (Phi) is 2.53. The predicted molar refractivity (Wildman–Crippen MR) is 67.8 cm³/mol. The van der Waals surface area contributed by atoms with E-state index in [1.54, 1.807) is 0 Å². The highest BCUT2D eigenvalue weighted by molar-refractivity contribution is 5.89. The van der Waals surface area contributed by atoms with Crippen LogP contribution in [0, 0.1) is 0 Å². The molecule has 3 N–H and O–H groups in total. The fourth-order valence-corrected chi connectivity index (χ4v) is 2.85. The van der Waals surface area contributed by atoms with Crippen LogP contribution in [0.3, 0.4) is 0 Å². The summed E-state index contributed by atoms with van der Waals surface area (Å²) in [4.78, 5) is 0. The summed E-state index contributed by atoms with van der Waals surface area (Å²) in [5.41, 5.74) is 7.93. The number of nitrogens with one attached hydrogen (secondary N) is 1. The van der Waals surface area contributed by atoms with Crippen molar-refractivity contribution in [2.75, 3.05) is 5.73 Å². The molecule has 0 spiro atoms. The van der Waals surface area contributed by atoms with Gasteiger partial charge in [-0.1, -0.05) is 26.2 Å². The van der Waals surface area contributed by atoms with E-state index in [2.05, 4.69) is 21.8 Å². The van der Waals surface area contributed by atoms with E-state index in [4.69, 9.17) is 10.8 Å². The van der Waals surface area contributed by atoms with Gasteiger partial charge in [0.2, 0.25) is 0 Å². The molecule has 1 aliphatic carbocycles. The molecule has 0 unspecified atom stereocenters. The lowest BCUT2D eigenvalue weighted by Gasteiger charge is -2.21. The molecule has 0 aliphatic heterocycles. The van der Waals surface area contributed by atoms with Gasteiger partial charge in [0, 0.05) is 0 Å². The summed E-state index contributed by atoms with van der Waals surface area (Å²) in [7, 11) is 0. The third kappa shape index (κ3) is 1.61. The zero-order valence-electron chi connectivity index (χ0n) is 10.2. The molecular formula is C12H19N5. The van der Waals surface area contributed by atoms with Crippen LogP contribution in [-0.4, -0.2) is 20.0 Å². The third-order valence-electron chi connectivity index (χ3n) is 3.76. The number of aromatic amines is 1. The van der Waals surface area contributed by atoms with Gasteiger partial charge in [0.05, 0.1) is 17.1 Å². The van der Waals surface area contributed by atoms with Crippen molar-refractivity contribution < 1.29 is 0 Å². The third-order valence-corrected chi connectivity index (χ3v) is 3.76. The second kappa shape index (κ2) is 4.05. The van der Waals surface area contributed by atoms with Gasteiger partial charge in [-0.3, -0.25) is 5.10 Å². The van der Waals surface area contributed by atoms with E-state index in [-0.39, 0.29) is 0 Å². The molecule has 0 saturated heterocycles. The summed E-state index contributed by atoms with van der Waals surface area (Å²) in [6.07, 6.45) is 7.28. The van der Waals surface area contributed by atoms with Crippen molar-refractivity contribution in [3.63, 3.8) is 0 Å². The Balaban J connectivity index is 2.09. The van der Waals surface area contributed by atoms with Gasteiger partial charge in [-0.2, -0.15) is 10.2 Å². The molecule has 5 heteroatoms. The average molecular weight is 233 g/mol. The Bertz CT molecular complexity index is 518. The first-order valence-corrected chi connectivity index (χ1v) is 6.52. The number of H-pyrrole nitrogens is 1. The van der Waals surface area contributed by atoms with Crippen molar-refractivity contribution >= 4 is 16.9 Å². The molecule has 0 bridgehead atoms. The lowest BCUT2D eigenvalue weighted by atomic mass is 9.96. The minimum atomic E-state index is 0.509. The van der Waals surface area contributed by atoms with Gasteiger partial charge in [-0.15, -0.1) is 0 Å². The number of rotatable bonds is 2. The van der Waals surface area contributed by atoms with Crippen molar-refractivity contribution in [1.82, 2.24) is 20.0 Å². The number of hydrogen-bond donors (Lipinski definition) is 2. The standard InChI is InChI=1S/C12H19N5/c1-2-9-10-11(13)14-15-12(10)17(16-9)8-6-4-3-5-7-8/h8H,2-7H2,1H3,(H3,13,14,15). The highest BCUT2D eigenvalue weighted by Crippen LogP contribution is 2.32. The summed E-state index contributed by atoms with van der Waals surface area (Å²) < 4.78 is 2.10. The maximum absolute atomic E-state index is 5.92. The van der Waals surface area contributed by atoms with Gasteiger partial charge >= 0.3 is 0 Å². The molecule has 0 amide bonds. The summed E-state index contributed by atoms with van der Waals surface area (Å²) in [5.74, 6) is 0.652. The van der Waals surface area contributed by atoms with Crippen molar-refractivity contribution in [2.24, 2.45) is 0 Å². The number of nitrogen functional groups attached to an aromatic ring is 1. The zero-order valence-corrected chi connectivity index (χ0v) is 10.2. The Morgan fingerprint density at radius 3 is 2.82 bits per heavy atom. The molecule has 2 aromatic heterocycles. The fourth-order valence-electron chi connectivity index (χ4n) is 2.85. The Morgan fingerprint density at radius 1 is 1.35 bits per heavy atom. The van der Waals surface area contributed by atoms with Crippen LogP contribution >= 0.6 is 0 Å². The number of anilines is 1. The first-order chi connectivity index (χ1) is 8.31. The number of hydrogen-bond acceptors (Lipinski definition) is 3. The average Bonchev–Trinajstić information content (AvgIpc) is 2.92. The highest BCUT2D eigenvalue weighted by atomic mass is 15.4. The topological polar surface area (TPSA) is 72.5 Å². The number of nitrogens with two attached hydrogens (primary N) is 1. The normalized spacial score (nSPS) is 17.9. The van der Waals surface area contributed by atoms with Crippen LogP contribution in [0.1, 0.15) is 50.8 Å². The first kappa shape index (κ1) is 10.6. The van der Waals surface area contributed by atoms with Crippen LogP contribution in [-0.2, 0) is 6.42 Å². The van der Waals surface area contributed by atoms with Gasteiger partial charge in [0.1, 0.15) is 5.82 Å². The van der Waals surface area contributed by atoms with Gasteiger partial charge in [-0.25, -0.2) is 4.68 Å². The minimum Gasteiger partial charge on any atom is -0.383 e. The van der Waals surface area contributed by atoms with E-state index in [0.29, 0.717) is 11.9 Å². The van der Waals surface area contributed by atoms with Crippen molar-refractivity contribution in [3.05, 3.63) is 5.69 Å². The quantitative estimate of drug-likeness (QED) is 0.836. The summed E-state index contributed by atoms with van der Waals surface area (Å²) in [6, 6.07) is 0.509. The van der Waals surface area contributed by atoms with E-state index in [1.807, 2.05) is 0 Å². The number of aromatic nitrogens is 4. The molecule has 2 heterocycles. The van der Waals surface area contributed by atoms with E-state index in [0.717, 1.165) is 23.1 Å². The largest absolute Gasteiger partial charge is 0.383 e. The van der Waals surface area contributed by atoms with Gasteiger partial charge in [0.25, 0.3) is 0 Å². The smallest absolute Gasteiger partial charge is 0.182 e. The van der Waals surface area contributed by atoms with Crippen molar-refractivity contribution in [3.8, 4) is 0 Å². The van der Waals surface area contributed by atoms with Crippen LogP contribution in [0.15, 0.2) is 0 Å². The second-order valence-electron chi connectivity index (χ2n) is 4.87. The van der Waals surface area contributed by atoms with Crippen LogP contribution in [0.4, 0.5) is 5.82 Å². The summed E-state index contributed by atoms with van der Waals surface area (Å²) in [5, 5.41) is 12.9. The first-order valence-electron chi connectivity index (χ1n) is 6.52. The van der Waals surface area contributed by atoms with E-state index >= 15 is 0 Å². The molecule has 2 aromatic rings. The maximum atomic E-state index is 5.92. The minimum absolute atomic E-state index is 0.509. The lowest BCUT2D eigenvalue weighted by molar-refractivity contribution is 0.334. The molecule has 0 radical (unpaired) electrons. The molecule has 5 nitrogen and oxygen atoms in total. The second-order valence-corrected chi connectivity index (χ2v) is 4.87. The van der Waals surface area contributed by atoms with Gasteiger partial charge in [-0.05, 0) is 19.3 Å². The monoisotopic (exact) mass is 233 g/mol. The molecule has 92 valence electrons. The molecule has 1 aliphatic rings. The molecule has 1 saturated carbocycles. The van der Waals surface area contributed by atoms with E-state index in [9.17, 15) is 0 Å². The van der Waals surface area contributed by atoms with E-state index in [1.165, 1.54) is 32.1 Å². The Morgan fingerprint density at radius 2 is 2.12 bits per heavy atom. The summed E-state index contributed by atoms with van der Waals surface area (Å²) >= 11 is 0. The number of nitrogens with zero attached hydrogens (tertiary/aromatic N) is 3. The number of fused-ring (bicyclic) bond motifs is 1.